The van der Waals surface area contributed by atoms with Crippen LogP contribution in [0.15, 0.2) is 75.9 Å². The van der Waals surface area contributed by atoms with E-state index in [4.69, 9.17) is 9.15 Å². The number of anilines is 1. The van der Waals surface area contributed by atoms with E-state index in [0.717, 1.165) is 4.70 Å². The smallest absolute Gasteiger partial charge is 0.297 e. The highest BCUT2D eigenvalue weighted by Gasteiger charge is 2.45. The fraction of sp³-hybridized carbons (Fsp3) is 0.0800. The van der Waals surface area contributed by atoms with Gasteiger partial charge < -0.3 is 9.15 Å². The van der Waals surface area contributed by atoms with Gasteiger partial charge in [0.05, 0.1) is 34.3 Å². The van der Waals surface area contributed by atoms with Crippen LogP contribution in [-0.2, 0) is 0 Å². The first-order valence-electron chi connectivity index (χ1n) is 10.1. The normalized spacial score (nSPS) is 15.4. The second-order valence-electron chi connectivity index (χ2n) is 7.63. The van der Waals surface area contributed by atoms with Gasteiger partial charge in [0.2, 0.25) is 5.76 Å². The zero-order valence-electron chi connectivity index (χ0n) is 17.2. The Morgan fingerprint density at radius 3 is 2.64 bits per heavy atom. The maximum absolute atomic E-state index is 13.7. The summed E-state index contributed by atoms with van der Waals surface area (Å²) in [6, 6.07) is 17.2. The van der Waals surface area contributed by atoms with Crippen LogP contribution in [0, 0.1) is 5.82 Å². The van der Waals surface area contributed by atoms with Gasteiger partial charge in [0, 0.05) is 0 Å². The third-order valence-corrected chi connectivity index (χ3v) is 6.77. The zero-order chi connectivity index (χ0) is 22.7. The molecule has 3 aromatic carbocycles. The standard InChI is InChI=1S/C25H15FN2O4S/c1-31-15-10-11-17-19(12-15)33-25(27-17)28-21(13-6-8-14(26)9-7-13)20-22(29)16-4-2-3-5-18(16)32-23(20)24(28)30/h2-12,21H,1H3/t21-/m1/s1. The Hall–Kier alpha value is -4.04. The summed E-state index contributed by atoms with van der Waals surface area (Å²) < 4.78 is 25.7. The van der Waals surface area contributed by atoms with Gasteiger partial charge in [0.1, 0.15) is 17.1 Å². The van der Waals surface area contributed by atoms with Crippen molar-refractivity contribution in [3.8, 4) is 5.75 Å². The van der Waals surface area contributed by atoms with Crippen LogP contribution in [0.4, 0.5) is 9.52 Å². The number of hydrogen-bond donors (Lipinski definition) is 0. The van der Waals surface area contributed by atoms with E-state index in [1.165, 1.54) is 28.4 Å². The lowest BCUT2D eigenvalue weighted by Crippen LogP contribution is -2.29. The molecule has 5 aromatic rings. The lowest BCUT2D eigenvalue weighted by molar-refractivity contribution is 0.0971. The minimum atomic E-state index is -0.795. The molecule has 1 amide bonds. The fourth-order valence-corrected chi connectivity index (χ4v) is 5.22. The largest absolute Gasteiger partial charge is 0.497 e. The highest BCUT2D eigenvalue weighted by molar-refractivity contribution is 7.22. The van der Waals surface area contributed by atoms with Crippen LogP contribution in [0.1, 0.15) is 27.7 Å². The van der Waals surface area contributed by atoms with E-state index in [2.05, 4.69) is 4.98 Å². The molecule has 6 nitrogen and oxygen atoms in total. The number of fused-ring (bicyclic) bond motifs is 3. The molecular weight excluding hydrogens is 443 g/mol. The fourth-order valence-electron chi connectivity index (χ4n) is 4.20. The maximum Gasteiger partial charge on any atom is 0.297 e. The number of hydrogen-bond acceptors (Lipinski definition) is 6. The number of rotatable bonds is 3. The van der Waals surface area contributed by atoms with Crippen LogP contribution in [0.2, 0.25) is 0 Å². The third kappa shape index (κ3) is 2.95. The Bertz CT molecular complexity index is 1620. The predicted octanol–water partition coefficient (Wildman–Crippen LogP) is 5.30. The molecule has 0 saturated carbocycles. The number of thiazole rings is 1. The van der Waals surface area contributed by atoms with Crippen molar-refractivity contribution in [2.75, 3.05) is 12.0 Å². The van der Waals surface area contributed by atoms with Gasteiger partial charge in [-0.2, -0.15) is 0 Å². The summed E-state index contributed by atoms with van der Waals surface area (Å²) in [6.07, 6.45) is 0. The second-order valence-corrected chi connectivity index (χ2v) is 8.64. The van der Waals surface area contributed by atoms with E-state index in [-0.39, 0.29) is 16.8 Å². The molecule has 33 heavy (non-hydrogen) atoms. The molecule has 1 aliphatic rings. The van der Waals surface area contributed by atoms with E-state index in [1.807, 2.05) is 12.1 Å². The lowest BCUT2D eigenvalue weighted by atomic mass is 9.99. The number of halogens is 1. The minimum absolute atomic E-state index is 0.0233. The summed E-state index contributed by atoms with van der Waals surface area (Å²) in [6.45, 7) is 0. The number of methoxy groups -OCH3 is 1. The maximum atomic E-state index is 13.7. The molecule has 6 rings (SSSR count). The molecule has 2 aromatic heterocycles. The van der Waals surface area contributed by atoms with Crippen molar-refractivity contribution in [2.24, 2.45) is 0 Å². The van der Waals surface area contributed by atoms with Crippen LogP contribution in [-0.4, -0.2) is 18.0 Å². The number of carbonyl (C=O) groups is 1. The molecule has 0 bridgehead atoms. The zero-order valence-corrected chi connectivity index (χ0v) is 18.1. The summed E-state index contributed by atoms with van der Waals surface area (Å²) >= 11 is 1.31. The molecule has 1 aliphatic heterocycles. The van der Waals surface area contributed by atoms with Crippen LogP contribution in [0.5, 0.6) is 5.75 Å². The first-order valence-corrected chi connectivity index (χ1v) is 11.0. The van der Waals surface area contributed by atoms with Crippen molar-refractivity contribution >= 4 is 43.6 Å². The molecule has 0 spiro atoms. The van der Waals surface area contributed by atoms with E-state index in [1.54, 1.807) is 49.6 Å². The van der Waals surface area contributed by atoms with Gasteiger partial charge in [-0.15, -0.1) is 0 Å². The molecule has 162 valence electrons. The van der Waals surface area contributed by atoms with Gasteiger partial charge in [-0.3, -0.25) is 14.5 Å². The van der Waals surface area contributed by atoms with Gasteiger partial charge >= 0.3 is 0 Å². The molecule has 0 fully saturated rings. The van der Waals surface area contributed by atoms with E-state index in [0.29, 0.717) is 32.9 Å². The first kappa shape index (κ1) is 19.6. The van der Waals surface area contributed by atoms with Crippen molar-refractivity contribution < 1.29 is 18.3 Å². The first-order chi connectivity index (χ1) is 16.0. The summed E-state index contributed by atoms with van der Waals surface area (Å²) in [5, 5.41) is 0.791. The minimum Gasteiger partial charge on any atom is -0.497 e. The van der Waals surface area contributed by atoms with Gasteiger partial charge in [0.25, 0.3) is 5.91 Å². The number of aromatic nitrogens is 1. The van der Waals surface area contributed by atoms with Crippen molar-refractivity contribution in [2.45, 2.75) is 6.04 Å². The number of benzene rings is 3. The molecule has 0 saturated heterocycles. The molecule has 0 aliphatic carbocycles. The SMILES string of the molecule is COc1ccc2nc(N3C(=O)c4oc5ccccc5c(=O)c4[C@H]3c3ccc(F)cc3)sc2c1. The van der Waals surface area contributed by atoms with Gasteiger partial charge in [0.15, 0.2) is 10.6 Å². The Kier molecular flexibility index (Phi) is 4.31. The highest BCUT2D eigenvalue weighted by atomic mass is 32.1. The average molecular weight is 458 g/mol. The van der Waals surface area contributed by atoms with Crippen LogP contribution in [0.25, 0.3) is 21.2 Å². The monoisotopic (exact) mass is 458 g/mol. The van der Waals surface area contributed by atoms with Gasteiger partial charge in [-0.25, -0.2) is 9.37 Å². The molecule has 0 N–H and O–H groups in total. The molecule has 0 radical (unpaired) electrons. The van der Waals surface area contributed by atoms with Crippen molar-refractivity contribution in [3.05, 3.63) is 99.7 Å². The quantitative estimate of drug-likeness (QED) is 0.367. The summed E-state index contributed by atoms with van der Waals surface area (Å²) in [4.78, 5) is 33.2. The lowest BCUT2D eigenvalue weighted by Gasteiger charge is -2.22. The van der Waals surface area contributed by atoms with Crippen molar-refractivity contribution in [1.29, 1.82) is 0 Å². The number of nitrogens with zero attached hydrogens (tertiary/aromatic N) is 2. The Labute approximate surface area is 190 Å². The number of carbonyl (C=O) groups excluding carboxylic acids is 1. The third-order valence-electron chi connectivity index (χ3n) is 5.75. The Morgan fingerprint density at radius 1 is 1.06 bits per heavy atom. The summed E-state index contributed by atoms with van der Waals surface area (Å²) in [7, 11) is 1.58. The molecular formula is C25H15FN2O4S. The Balaban J connectivity index is 1.62. The van der Waals surface area contributed by atoms with Crippen LogP contribution in [0.3, 0.4) is 0 Å². The average Bonchev–Trinajstić information content (AvgIpc) is 3.38. The summed E-state index contributed by atoms with van der Waals surface area (Å²) in [5.74, 6) is -0.225. The number of para-hydroxylation sites is 1. The van der Waals surface area contributed by atoms with E-state index >= 15 is 0 Å². The number of ether oxygens (including phenoxy) is 1. The van der Waals surface area contributed by atoms with E-state index in [9.17, 15) is 14.0 Å². The molecule has 0 unspecified atom stereocenters. The van der Waals surface area contributed by atoms with Crippen molar-refractivity contribution in [3.63, 3.8) is 0 Å². The molecule has 3 heterocycles. The second kappa shape index (κ2) is 7.25. The van der Waals surface area contributed by atoms with Crippen LogP contribution >= 0.6 is 11.3 Å². The van der Waals surface area contributed by atoms with Gasteiger partial charge in [-0.05, 0) is 48.0 Å². The topological polar surface area (TPSA) is 72.6 Å². The predicted molar refractivity (Wildman–Crippen MR) is 124 cm³/mol. The van der Waals surface area contributed by atoms with Crippen molar-refractivity contribution in [1.82, 2.24) is 4.98 Å². The van der Waals surface area contributed by atoms with Crippen LogP contribution < -0.4 is 15.1 Å². The Morgan fingerprint density at radius 2 is 1.85 bits per heavy atom. The number of amides is 1. The molecule has 8 heteroatoms. The summed E-state index contributed by atoms with van der Waals surface area (Å²) in [5.41, 5.74) is 1.55. The van der Waals surface area contributed by atoms with Gasteiger partial charge in [-0.1, -0.05) is 35.6 Å². The van der Waals surface area contributed by atoms with E-state index < -0.39 is 17.8 Å². The molecule has 1 atom stereocenters. The highest BCUT2D eigenvalue weighted by Crippen LogP contribution is 2.44.